The average Bonchev–Trinajstić information content (AvgIpc) is 3.29. The standard InChI is InChI=1S/C22H22NO4/c1-4-5-23-11-14-8-18(24-2)19(25-3)9-15(14)17-6-13-7-20-21(27-12-26-20)10-16(13)22(17)23/h7-11H,4-6,12H2,1-3H3/q+1. The van der Waals surface area contributed by atoms with Gasteiger partial charge in [-0.25, -0.2) is 0 Å². The Balaban J connectivity index is 1.80. The molecule has 5 rings (SSSR count). The molecule has 0 amide bonds. The summed E-state index contributed by atoms with van der Waals surface area (Å²) in [7, 11) is 3.35. The van der Waals surface area contributed by atoms with Crippen molar-refractivity contribution < 1.29 is 23.5 Å². The Kier molecular flexibility index (Phi) is 3.64. The molecule has 0 radical (unpaired) electrons. The minimum Gasteiger partial charge on any atom is -0.493 e. The maximum atomic E-state index is 5.62. The topological polar surface area (TPSA) is 40.8 Å². The van der Waals surface area contributed by atoms with E-state index in [2.05, 4.69) is 42.0 Å². The van der Waals surface area contributed by atoms with E-state index in [0.29, 0.717) is 6.79 Å². The number of methoxy groups -OCH3 is 2. The fourth-order valence-electron chi connectivity index (χ4n) is 4.25. The quantitative estimate of drug-likeness (QED) is 0.516. The Morgan fingerprint density at radius 2 is 1.74 bits per heavy atom. The highest BCUT2D eigenvalue weighted by molar-refractivity contribution is 5.94. The van der Waals surface area contributed by atoms with E-state index in [1.807, 2.05) is 0 Å². The van der Waals surface area contributed by atoms with Gasteiger partial charge in [0.1, 0.15) is 6.54 Å². The van der Waals surface area contributed by atoms with Crippen LogP contribution < -0.4 is 23.5 Å². The van der Waals surface area contributed by atoms with Crippen molar-refractivity contribution in [2.45, 2.75) is 26.3 Å². The van der Waals surface area contributed by atoms with Crippen LogP contribution in [0.1, 0.15) is 24.5 Å². The normalized spacial score (nSPS) is 13.6. The van der Waals surface area contributed by atoms with Crippen molar-refractivity contribution in [3.63, 3.8) is 0 Å². The smallest absolute Gasteiger partial charge is 0.231 e. The van der Waals surface area contributed by atoms with E-state index < -0.39 is 0 Å². The van der Waals surface area contributed by atoms with Crippen LogP contribution in [0.25, 0.3) is 22.0 Å². The second-order valence-electron chi connectivity index (χ2n) is 6.98. The van der Waals surface area contributed by atoms with Crippen LogP contribution in [0, 0.1) is 0 Å². The highest BCUT2D eigenvalue weighted by atomic mass is 16.7. The third-order valence-corrected chi connectivity index (χ3v) is 5.43. The van der Waals surface area contributed by atoms with Crippen LogP contribution in [0.4, 0.5) is 0 Å². The van der Waals surface area contributed by atoms with Gasteiger partial charge in [-0.1, -0.05) is 6.92 Å². The summed E-state index contributed by atoms with van der Waals surface area (Å²) in [5.41, 5.74) is 5.10. The van der Waals surface area contributed by atoms with E-state index in [1.54, 1.807) is 14.2 Å². The van der Waals surface area contributed by atoms with Gasteiger partial charge in [-0.3, -0.25) is 0 Å². The molecule has 0 N–H and O–H groups in total. The van der Waals surface area contributed by atoms with E-state index in [4.69, 9.17) is 18.9 Å². The predicted octanol–water partition coefficient (Wildman–Crippen LogP) is 3.85. The van der Waals surface area contributed by atoms with Gasteiger partial charge in [-0.15, -0.1) is 0 Å². The van der Waals surface area contributed by atoms with Gasteiger partial charge in [-0.05, 0) is 29.8 Å². The van der Waals surface area contributed by atoms with Crippen molar-refractivity contribution in [1.82, 2.24) is 0 Å². The van der Waals surface area contributed by atoms with Crippen molar-refractivity contribution in [2.24, 2.45) is 0 Å². The van der Waals surface area contributed by atoms with Crippen LogP contribution in [-0.4, -0.2) is 21.0 Å². The minimum absolute atomic E-state index is 0.300. The van der Waals surface area contributed by atoms with Gasteiger partial charge in [0.05, 0.1) is 19.8 Å². The Morgan fingerprint density at radius 1 is 1.00 bits per heavy atom. The van der Waals surface area contributed by atoms with Gasteiger partial charge in [0.25, 0.3) is 0 Å². The number of fused-ring (bicyclic) bond motifs is 6. The van der Waals surface area contributed by atoms with Gasteiger partial charge in [0.2, 0.25) is 12.5 Å². The molecule has 0 saturated heterocycles. The monoisotopic (exact) mass is 364 g/mol. The van der Waals surface area contributed by atoms with Gasteiger partial charge in [0, 0.05) is 29.2 Å². The number of benzene rings is 2. The van der Waals surface area contributed by atoms with E-state index >= 15 is 0 Å². The van der Waals surface area contributed by atoms with Crippen LogP contribution in [-0.2, 0) is 13.0 Å². The summed E-state index contributed by atoms with van der Waals surface area (Å²) >= 11 is 0. The second kappa shape index (κ2) is 6.05. The highest BCUT2D eigenvalue weighted by Gasteiger charge is 2.33. The lowest BCUT2D eigenvalue weighted by molar-refractivity contribution is -0.685. The molecule has 5 heteroatoms. The summed E-state index contributed by atoms with van der Waals surface area (Å²) in [5.74, 6) is 3.18. The molecular formula is C22H22NO4+. The third-order valence-electron chi connectivity index (χ3n) is 5.43. The molecule has 0 bridgehead atoms. The molecule has 2 aliphatic rings. The first-order valence-electron chi connectivity index (χ1n) is 9.27. The van der Waals surface area contributed by atoms with Crippen molar-refractivity contribution in [1.29, 1.82) is 0 Å². The Hall–Kier alpha value is -2.95. The minimum atomic E-state index is 0.300. The van der Waals surface area contributed by atoms with Gasteiger partial charge < -0.3 is 18.9 Å². The summed E-state index contributed by atoms with van der Waals surface area (Å²) in [6.07, 6.45) is 4.16. The van der Waals surface area contributed by atoms with Crippen molar-refractivity contribution in [3.05, 3.63) is 41.6 Å². The number of ether oxygens (including phenoxy) is 4. The Labute approximate surface area is 158 Å². The van der Waals surface area contributed by atoms with Crippen molar-refractivity contribution >= 4 is 10.8 Å². The number of pyridine rings is 1. The molecule has 0 fully saturated rings. The van der Waals surface area contributed by atoms with Crippen molar-refractivity contribution in [2.75, 3.05) is 21.0 Å². The largest absolute Gasteiger partial charge is 0.493 e. The van der Waals surface area contributed by atoms with Crippen LogP contribution in [0.3, 0.4) is 0 Å². The zero-order valence-electron chi connectivity index (χ0n) is 15.8. The summed E-state index contributed by atoms with van der Waals surface area (Å²) in [5, 5.41) is 2.36. The zero-order valence-corrected chi connectivity index (χ0v) is 15.8. The van der Waals surface area contributed by atoms with E-state index in [1.165, 1.54) is 27.8 Å². The molecule has 0 saturated carbocycles. The fourth-order valence-corrected chi connectivity index (χ4v) is 4.25. The molecule has 5 nitrogen and oxygen atoms in total. The van der Waals surface area contributed by atoms with Crippen LogP contribution >= 0.6 is 0 Å². The Morgan fingerprint density at radius 3 is 2.48 bits per heavy atom. The maximum absolute atomic E-state index is 5.62. The first-order chi connectivity index (χ1) is 13.2. The van der Waals surface area contributed by atoms with Gasteiger partial charge >= 0.3 is 0 Å². The lowest BCUT2D eigenvalue weighted by atomic mass is 10.0. The molecule has 0 spiro atoms. The zero-order chi connectivity index (χ0) is 18.5. The van der Waals surface area contributed by atoms with Gasteiger partial charge in [-0.2, -0.15) is 4.57 Å². The maximum Gasteiger partial charge on any atom is 0.231 e. The molecule has 2 heterocycles. The van der Waals surface area contributed by atoms with Crippen molar-refractivity contribution in [3.8, 4) is 34.3 Å². The first kappa shape index (κ1) is 16.2. The summed E-state index contributed by atoms with van der Waals surface area (Å²) in [6, 6.07) is 8.41. The number of hydrogen-bond acceptors (Lipinski definition) is 4. The lowest BCUT2D eigenvalue weighted by Gasteiger charge is -2.12. The van der Waals surface area contributed by atoms with E-state index in [0.717, 1.165) is 47.8 Å². The summed E-state index contributed by atoms with van der Waals surface area (Å²) in [4.78, 5) is 0. The number of rotatable bonds is 4. The Bertz CT molecular complexity index is 1070. The number of aryl methyl sites for hydroxylation is 1. The third kappa shape index (κ3) is 2.34. The highest BCUT2D eigenvalue weighted by Crippen LogP contribution is 2.46. The number of hydrogen-bond donors (Lipinski definition) is 0. The molecule has 3 aromatic rings. The number of aromatic nitrogens is 1. The number of nitrogens with zero attached hydrogens (tertiary/aromatic N) is 1. The molecule has 138 valence electrons. The molecule has 1 aliphatic carbocycles. The van der Waals surface area contributed by atoms with Crippen LogP contribution in [0.15, 0.2) is 30.5 Å². The van der Waals surface area contributed by atoms with Crippen LogP contribution in [0.2, 0.25) is 0 Å². The summed E-state index contributed by atoms with van der Waals surface area (Å²) < 4.78 is 24.6. The lowest BCUT2D eigenvalue weighted by Crippen LogP contribution is -2.36. The van der Waals surface area contributed by atoms with E-state index in [-0.39, 0.29) is 0 Å². The molecule has 0 atom stereocenters. The molecule has 2 aromatic carbocycles. The predicted molar refractivity (Wildman–Crippen MR) is 102 cm³/mol. The molecule has 0 unspecified atom stereocenters. The summed E-state index contributed by atoms with van der Waals surface area (Å²) in [6.45, 7) is 3.46. The molecular weight excluding hydrogens is 342 g/mol. The second-order valence-corrected chi connectivity index (χ2v) is 6.98. The van der Waals surface area contributed by atoms with Gasteiger partial charge in [0.15, 0.2) is 29.2 Å². The van der Waals surface area contributed by atoms with E-state index in [9.17, 15) is 0 Å². The molecule has 1 aliphatic heterocycles. The van der Waals surface area contributed by atoms with Crippen LogP contribution in [0.5, 0.6) is 23.0 Å². The molecule has 27 heavy (non-hydrogen) atoms. The SMILES string of the molecule is CCC[n+]1cc2cc(OC)c(OC)cc2c2c1-c1cc3c(cc1C2)OCO3. The first-order valence-corrected chi connectivity index (χ1v) is 9.27. The average molecular weight is 364 g/mol. The fraction of sp³-hybridized carbons (Fsp3) is 0.318. The molecule has 1 aromatic heterocycles.